The number of nitrogens with two attached hydrogens (primary N) is 1. The molecule has 0 radical (unpaired) electrons. The molecule has 0 bridgehead atoms. The van der Waals surface area contributed by atoms with Crippen LogP contribution in [0.15, 0.2) is 18.2 Å². The second-order valence-electron chi connectivity index (χ2n) is 6.34. The molecule has 1 aromatic carbocycles. The van der Waals surface area contributed by atoms with Crippen LogP contribution < -0.4 is 5.73 Å². The second-order valence-corrected chi connectivity index (χ2v) is 6.34. The maximum Gasteiger partial charge on any atom is 0.0424 e. The minimum absolute atomic E-state index is 0.108. The molecule has 2 rings (SSSR count). The van der Waals surface area contributed by atoms with E-state index in [4.69, 9.17) is 5.73 Å². The maximum absolute atomic E-state index is 6.36. The molecular weight excluding hydrogens is 246 g/mol. The van der Waals surface area contributed by atoms with Crippen LogP contribution in [-0.2, 0) is 0 Å². The normalized spacial score (nSPS) is 17.9. The zero-order valence-corrected chi connectivity index (χ0v) is 13.2. The number of benzene rings is 1. The Kier molecular flexibility index (Phi) is 5.58. The highest BCUT2D eigenvalue weighted by Gasteiger charge is 2.14. The number of aryl methyl sites for hydroxylation is 2. The van der Waals surface area contributed by atoms with Crippen molar-refractivity contribution < 1.29 is 0 Å². The highest BCUT2D eigenvalue weighted by atomic mass is 15.2. The summed E-state index contributed by atoms with van der Waals surface area (Å²) in [7, 11) is 2.18. The summed E-state index contributed by atoms with van der Waals surface area (Å²) in [5.74, 6) is 0. The van der Waals surface area contributed by atoms with Crippen molar-refractivity contribution in [3.8, 4) is 0 Å². The zero-order valence-electron chi connectivity index (χ0n) is 13.2. The zero-order chi connectivity index (χ0) is 14.5. The van der Waals surface area contributed by atoms with Gasteiger partial charge in [-0.3, -0.25) is 0 Å². The van der Waals surface area contributed by atoms with E-state index in [1.54, 1.807) is 0 Å². The molecule has 2 N–H and O–H groups in total. The predicted octanol–water partition coefficient (Wildman–Crippen LogP) is 2.33. The minimum atomic E-state index is 0.108. The van der Waals surface area contributed by atoms with Gasteiger partial charge in [-0.15, -0.1) is 0 Å². The fourth-order valence-corrected chi connectivity index (χ4v) is 3.07. The molecule has 1 unspecified atom stereocenters. The summed E-state index contributed by atoms with van der Waals surface area (Å²) in [5.41, 5.74) is 10.2. The average molecular weight is 275 g/mol. The van der Waals surface area contributed by atoms with Gasteiger partial charge in [-0.2, -0.15) is 0 Å². The van der Waals surface area contributed by atoms with E-state index in [0.717, 1.165) is 13.1 Å². The van der Waals surface area contributed by atoms with Crippen molar-refractivity contribution in [2.24, 2.45) is 5.73 Å². The molecule has 0 amide bonds. The number of likely N-dealkylation sites (N-methyl/N-ethyl adjacent to an activating group) is 1. The lowest BCUT2D eigenvalue weighted by Gasteiger charge is -2.24. The van der Waals surface area contributed by atoms with E-state index in [2.05, 4.69) is 48.9 Å². The Morgan fingerprint density at radius 3 is 2.35 bits per heavy atom. The Labute approximate surface area is 123 Å². The molecule has 1 fully saturated rings. The molecule has 0 aromatic heterocycles. The van der Waals surface area contributed by atoms with Crippen molar-refractivity contribution in [2.75, 3.05) is 39.8 Å². The van der Waals surface area contributed by atoms with Crippen LogP contribution in [0.5, 0.6) is 0 Å². The lowest BCUT2D eigenvalue weighted by molar-refractivity contribution is 0.248. The quantitative estimate of drug-likeness (QED) is 0.865. The number of hydrogen-bond acceptors (Lipinski definition) is 3. The Balaban J connectivity index is 1.81. The van der Waals surface area contributed by atoms with Gasteiger partial charge in [-0.25, -0.2) is 0 Å². The van der Waals surface area contributed by atoms with Crippen molar-refractivity contribution in [1.82, 2.24) is 9.80 Å². The molecule has 0 saturated carbocycles. The molecule has 0 aliphatic carbocycles. The fraction of sp³-hybridized carbons (Fsp3) is 0.647. The number of likely N-dealkylation sites (tertiary alicyclic amines) is 1. The maximum atomic E-state index is 6.36. The highest BCUT2D eigenvalue weighted by molar-refractivity contribution is 5.30. The van der Waals surface area contributed by atoms with Crippen LogP contribution in [0.3, 0.4) is 0 Å². The van der Waals surface area contributed by atoms with Crippen molar-refractivity contribution in [3.63, 3.8) is 0 Å². The third kappa shape index (κ3) is 4.58. The highest BCUT2D eigenvalue weighted by Crippen LogP contribution is 2.16. The first kappa shape index (κ1) is 15.5. The van der Waals surface area contributed by atoms with E-state index >= 15 is 0 Å². The van der Waals surface area contributed by atoms with Crippen LogP contribution in [0.1, 0.15) is 35.6 Å². The van der Waals surface area contributed by atoms with Gasteiger partial charge in [0, 0.05) is 25.7 Å². The molecule has 1 heterocycles. The summed E-state index contributed by atoms with van der Waals surface area (Å²) < 4.78 is 0. The van der Waals surface area contributed by atoms with Crippen LogP contribution in [0.25, 0.3) is 0 Å². The SMILES string of the molecule is Cc1cc(C)cc(C(N)CN(C)CCN2CCCC2)c1. The summed E-state index contributed by atoms with van der Waals surface area (Å²) >= 11 is 0. The monoisotopic (exact) mass is 275 g/mol. The summed E-state index contributed by atoms with van der Waals surface area (Å²) in [6.45, 7) is 10.0. The van der Waals surface area contributed by atoms with Crippen molar-refractivity contribution in [3.05, 3.63) is 34.9 Å². The number of hydrogen-bond donors (Lipinski definition) is 1. The van der Waals surface area contributed by atoms with Gasteiger partial charge in [-0.1, -0.05) is 29.3 Å². The summed E-state index contributed by atoms with van der Waals surface area (Å²) in [5, 5.41) is 0. The van der Waals surface area contributed by atoms with E-state index < -0.39 is 0 Å². The summed E-state index contributed by atoms with van der Waals surface area (Å²) in [4.78, 5) is 4.92. The molecule has 3 heteroatoms. The van der Waals surface area contributed by atoms with E-state index in [1.807, 2.05) is 0 Å². The third-order valence-electron chi connectivity index (χ3n) is 4.18. The van der Waals surface area contributed by atoms with Gasteiger partial charge in [0.15, 0.2) is 0 Å². The van der Waals surface area contributed by atoms with Crippen LogP contribution in [0.2, 0.25) is 0 Å². The Hall–Kier alpha value is -0.900. The molecule has 3 nitrogen and oxygen atoms in total. The Morgan fingerprint density at radius 1 is 1.15 bits per heavy atom. The molecular formula is C17H29N3. The predicted molar refractivity (Wildman–Crippen MR) is 86.0 cm³/mol. The lowest BCUT2D eigenvalue weighted by Crippen LogP contribution is -2.35. The first-order valence-corrected chi connectivity index (χ1v) is 7.79. The van der Waals surface area contributed by atoms with Gasteiger partial charge in [-0.05, 0) is 52.4 Å². The molecule has 1 atom stereocenters. The van der Waals surface area contributed by atoms with E-state index in [0.29, 0.717) is 0 Å². The van der Waals surface area contributed by atoms with Gasteiger partial charge < -0.3 is 15.5 Å². The van der Waals surface area contributed by atoms with E-state index in [-0.39, 0.29) is 6.04 Å². The fourth-order valence-electron chi connectivity index (χ4n) is 3.07. The smallest absolute Gasteiger partial charge is 0.0424 e. The lowest BCUT2D eigenvalue weighted by atomic mass is 10.0. The van der Waals surface area contributed by atoms with E-state index in [1.165, 1.54) is 49.2 Å². The van der Waals surface area contributed by atoms with E-state index in [9.17, 15) is 0 Å². The standard InChI is InChI=1S/C17H29N3/c1-14-10-15(2)12-16(11-14)17(18)13-19(3)8-9-20-6-4-5-7-20/h10-12,17H,4-9,13,18H2,1-3H3. The number of rotatable bonds is 6. The van der Waals surface area contributed by atoms with Crippen molar-refractivity contribution in [2.45, 2.75) is 32.7 Å². The van der Waals surface area contributed by atoms with Crippen LogP contribution in [-0.4, -0.2) is 49.6 Å². The van der Waals surface area contributed by atoms with Gasteiger partial charge in [0.2, 0.25) is 0 Å². The molecule has 0 spiro atoms. The average Bonchev–Trinajstić information content (AvgIpc) is 2.88. The van der Waals surface area contributed by atoms with Gasteiger partial charge in [0.25, 0.3) is 0 Å². The Bertz CT molecular complexity index is 404. The van der Waals surface area contributed by atoms with Crippen molar-refractivity contribution >= 4 is 0 Å². The molecule has 112 valence electrons. The topological polar surface area (TPSA) is 32.5 Å². The minimum Gasteiger partial charge on any atom is -0.323 e. The van der Waals surface area contributed by atoms with Gasteiger partial charge in [0.05, 0.1) is 0 Å². The Morgan fingerprint density at radius 2 is 1.75 bits per heavy atom. The van der Waals surface area contributed by atoms with Gasteiger partial charge in [0.1, 0.15) is 0 Å². The van der Waals surface area contributed by atoms with Crippen LogP contribution in [0, 0.1) is 13.8 Å². The first-order chi connectivity index (χ1) is 9.54. The van der Waals surface area contributed by atoms with Crippen LogP contribution in [0.4, 0.5) is 0 Å². The largest absolute Gasteiger partial charge is 0.323 e. The summed E-state index contributed by atoms with van der Waals surface area (Å²) in [6.07, 6.45) is 2.73. The summed E-state index contributed by atoms with van der Waals surface area (Å²) in [6, 6.07) is 6.74. The number of nitrogens with zero attached hydrogens (tertiary/aromatic N) is 2. The van der Waals surface area contributed by atoms with Crippen molar-refractivity contribution in [1.29, 1.82) is 0 Å². The van der Waals surface area contributed by atoms with Gasteiger partial charge >= 0.3 is 0 Å². The molecule has 1 aliphatic heterocycles. The third-order valence-corrected chi connectivity index (χ3v) is 4.18. The molecule has 1 saturated heterocycles. The van der Waals surface area contributed by atoms with Crippen LogP contribution >= 0.6 is 0 Å². The first-order valence-electron chi connectivity index (χ1n) is 7.79. The molecule has 1 aromatic rings. The second kappa shape index (κ2) is 7.21. The molecule has 1 aliphatic rings. The molecule has 20 heavy (non-hydrogen) atoms.